The molecule has 0 radical (unpaired) electrons. The molecule has 1 aliphatic rings. The Hall–Kier alpha value is -4.44. The van der Waals surface area contributed by atoms with Crippen LogP contribution in [0.15, 0.2) is 82.3 Å². The van der Waals surface area contributed by atoms with Gasteiger partial charge < -0.3 is 40.6 Å². The van der Waals surface area contributed by atoms with Crippen molar-refractivity contribution in [1.82, 2.24) is 15.2 Å². The minimum absolute atomic E-state index is 0.0772. The number of hydrogen-bond donors (Lipinski definition) is 6. The SMILES string of the molecule is CN(CCC(=O)Nc1ccc(CNCC(O)c2ccc(O)c3[nH]c(=O)ccc23)cc1F)C1CCC(OC(=O)C(O)(c2cccs2)c2cccs2)CC1. The smallest absolute Gasteiger partial charge is 0.349 e. The number of aromatic hydroxyl groups is 1. The number of nitrogens with one attached hydrogen (secondary N) is 3. The summed E-state index contributed by atoms with van der Waals surface area (Å²) < 4.78 is 20.8. The zero-order valence-corrected chi connectivity index (χ0v) is 30.1. The molecule has 6 rings (SSSR count). The molecule has 1 fully saturated rings. The number of esters is 1. The number of aromatic nitrogens is 1. The lowest BCUT2D eigenvalue weighted by Gasteiger charge is -2.35. The number of aliphatic hydroxyl groups excluding tert-OH is 1. The van der Waals surface area contributed by atoms with Crippen LogP contribution in [0.3, 0.4) is 0 Å². The van der Waals surface area contributed by atoms with Gasteiger partial charge in [-0.3, -0.25) is 9.59 Å². The molecule has 0 saturated heterocycles. The summed E-state index contributed by atoms with van der Waals surface area (Å²) in [5.74, 6) is -1.65. The quantitative estimate of drug-likeness (QED) is 0.0820. The number of aliphatic hydroxyl groups is 2. The molecular weight excluding hydrogens is 708 g/mol. The first kappa shape index (κ1) is 37.3. The van der Waals surface area contributed by atoms with E-state index >= 15 is 0 Å². The van der Waals surface area contributed by atoms with Crippen molar-refractivity contribution in [2.45, 2.75) is 62.5 Å². The summed E-state index contributed by atoms with van der Waals surface area (Å²) in [6.07, 6.45) is 1.70. The van der Waals surface area contributed by atoms with E-state index < -0.39 is 23.5 Å². The number of nitrogens with zero attached hydrogens (tertiary/aromatic N) is 1. The zero-order valence-electron chi connectivity index (χ0n) is 28.5. The summed E-state index contributed by atoms with van der Waals surface area (Å²) in [5.41, 5.74) is -0.740. The molecule has 14 heteroatoms. The number of ether oxygens (including phenoxy) is 1. The number of anilines is 1. The highest BCUT2D eigenvalue weighted by Crippen LogP contribution is 2.38. The highest BCUT2D eigenvalue weighted by molar-refractivity contribution is 7.12. The van der Waals surface area contributed by atoms with Crippen LogP contribution in [-0.2, 0) is 26.5 Å². The van der Waals surface area contributed by atoms with E-state index in [4.69, 9.17) is 4.74 Å². The molecule has 274 valence electrons. The van der Waals surface area contributed by atoms with Crippen LogP contribution < -0.4 is 16.2 Å². The molecule has 3 aromatic heterocycles. The number of phenols is 1. The fourth-order valence-corrected chi connectivity index (χ4v) is 8.30. The number of fused-ring (bicyclic) bond motifs is 1. The van der Waals surface area contributed by atoms with E-state index in [2.05, 4.69) is 20.5 Å². The van der Waals surface area contributed by atoms with E-state index in [1.54, 1.807) is 42.5 Å². The second-order valence-electron chi connectivity index (χ2n) is 13.0. The van der Waals surface area contributed by atoms with Gasteiger partial charge in [-0.1, -0.05) is 24.3 Å². The molecule has 0 bridgehead atoms. The molecule has 6 N–H and O–H groups in total. The number of aromatic amines is 1. The van der Waals surface area contributed by atoms with Crippen molar-refractivity contribution in [3.05, 3.63) is 115 Å². The third-order valence-electron chi connectivity index (χ3n) is 9.52. The Bertz CT molecular complexity index is 2010. The fraction of sp³-hybridized carbons (Fsp3) is 0.342. The van der Waals surface area contributed by atoms with Crippen molar-refractivity contribution in [2.24, 2.45) is 0 Å². The van der Waals surface area contributed by atoms with Crippen LogP contribution >= 0.6 is 22.7 Å². The Balaban J connectivity index is 0.928. The first-order chi connectivity index (χ1) is 25.0. The van der Waals surface area contributed by atoms with Crippen molar-refractivity contribution in [1.29, 1.82) is 0 Å². The molecule has 1 aliphatic carbocycles. The number of carbonyl (C=O) groups excluding carboxylic acids is 2. The molecule has 5 aromatic rings. The van der Waals surface area contributed by atoms with Crippen LogP contribution in [0.1, 0.15) is 59.1 Å². The Morgan fingerprint density at radius 3 is 2.40 bits per heavy atom. The second kappa shape index (κ2) is 16.5. The van der Waals surface area contributed by atoms with Gasteiger partial charge in [-0.25, -0.2) is 9.18 Å². The van der Waals surface area contributed by atoms with Crippen molar-refractivity contribution in [3.8, 4) is 5.75 Å². The summed E-state index contributed by atoms with van der Waals surface area (Å²) in [7, 11) is 1.95. The van der Waals surface area contributed by atoms with E-state index in [0.29, 0.717) is 45.7 Å². The van der Waals surface area contributed by atoms with E-state index in [1.165, 1.54) is 46.9 Å². The van der Waals surface area contributed by atoms with Crippen LogP contribution in [0.25, 0.3) is 10.9 Å². The van der Waals surface area contributed by atoms with Gasteiger partial charge in [-0.15, -0.1) is 22.7 Å². The highest BCUT2D eigenvalue weighted by Gasteiger charge is 2.45. The number of halogens is 1. The molecule has 1 atom stereocenters. The lowest BCUT2D eigenvalue weighted by molar-refractivity contribution is -0.169. The number of pyridine rings is 1. The molecule has 1 saturated carbocycles. The van der Waals surface area contributed by atoms with Crippen molar-refractivity contribution in [3.63, 3.8) is 0 Å². The van der Waals surface area contributed by atoms with Crippen molar-refractivity contribution in [2.75, 3.05) is 25.5 Å². The normalized spacial score (nSPS) is 16.9. The zero-order chi connectivity index (χ0) is 36.8. The van der Waals surface area contributed by atoms with Gasteiger partial charge in [-0.2, -0.15) is 0 Å². The molecule has 52 heavy (non-hydrogen) atoms. The number of thiophene rings is 2. The summed E-state index contributed by atoms with van der Waals surface area (Å²) >= 11 is 2.62. The second-order valence-corrected chi connectivity index (χ2v) is 14.9. The van der Waals surface area contributed by atoms with Crippen LogP contribution in [0.4, 0.5) is 10.1 Å². The molecule has 2 aromatic carbocycles. The summed E-state index contributed by atoms with van der Waals surface area (Å²) in [6.45, 7) is 0.856. The van der Waals surface area contributed by atoms with Gasteiger partial charge in [0.15, 0.2) is 0 Å². The number of amides is 1. The molecule has 0 aliphatic heterocycles. The first-order valence-electron chi connectivity index (χ1n) is 17.1. The minimum atomic E-state index is -1.83. The number of hydrogen-bond acceptors (Lipinski definition) is 11. The maximum Gasteiger partial charge on any atom is 0.349 e. The fourth-order valence-electron chi connectivity index (χ4n) is 6.59. The van der Waals surface area contributed by atoms with Gasteiger partial charge >= 0.3 is 5.97 Å². The molecule has 1 unspecified atom stereocenters. The number of rotatable bonds is 14. The first-order valence-corrected chi connectivity index (χ1v) is 18.8. The minimum Gasteiger partial charge on any atom is -0.506 e. The third-order valence-corrected chi connectivity index (χ3v) is 11.5. The molecular formula is C38H41FN4O7S2. The number of phenolic OH excluding ortho intramolecular Hbond substituents is 1. The van der Waals surface area contributed by atoms with E-state index in [1.807, 2.05) is 17.8 Å². The Labute approximate surface area is 307 Å². The predicted octanol–water partition coefficient (Wildman–Crippen LogP) is 5.37. The third kappa shape index (κ3) is 8.44. The Morgan fingerprint density at radius 1 is 1.04 bits per heavy atom. The van der Waals surface area contributed by atoms with Gasteiger partial charge in [0.25, 0.3) is 0 Å². The number of H-pyrrole nitrogens is 1. The van der Waals surface area contributed by atoms with Gasteiger partial charge in [0, 0.05) is 43.5 Å². The lowest BCUT2D eigenvalue weighted by atomic mass is 9.91. The largest absolute Gasteiger partial charge is 0.506 e. The molecule has 0 spiro atoms. The standard InChI is InChI=1S/C38H41FN4O7S2/c1-43(24-7-9-25(10-8-24)50-37(48)38(49,32-4-2-18-51-32)33-5-3-19-52-33)17-16-35(47)41-29-13-6-23(20-28(29)39)21-40-22-31(45)26-11-14-30(44)36-27(26)12-15-34(46)42-36/h2-6,11-15,18-20,24-25,31,40,44-45,49H,7-10,16-17,21-22H2,1H3,(H,41,47)(H,42,46). The maximum absolute atomic E-state index is 15.0. The summed E-state index contributed by atoms with van der Waals surface area (Å²) in [4.78, 5) is 43.5. The highest BCUT2D eigenvalue weighted by atomic mass is 32.1. The molecule has 3 heterocycles. The van der Waals surface area contributed by atoms with E-state index in [-0.39, 0.29) is 60.1 Å². The van der Waals surface area contributed by atoms with Crippen molar-refractivity contribution < 1.29 is 34.0 Å². The van der Waals surface area contributed by atoms with Crippen LogP contribution in [-0.4, -0.2) is 69.4 Å². The van der Waals surface area contributed by atoms with Crippen LogP contribution in [0.5, 0.6) is 5.75 Å². The average molecular weight is 749 g/mol. The van der Waals surface area contributed by atoms with E-state index in [0.717, 1.165) is 12.8 Å². The monoisotopic (exact) mass is 748 g/mol. The average Bonchev–Trinajstić information content (AvgIpc) is 3.89. The lowest BCUT2D eigenvalue weighted by Crippen LogP contribution is -2.42. The predicted molar refractivity (Wildman–Crippen MR) is 199 cm³/mol. The van der Waals surface area contributed by atoms with E-state index in [9.17, 15) is 34.1 Å². The number of carbonyl (C=O) groups is 2. The Morgan fingerprint density at radius 2 is 1.75 bits per heavy atom. The Kier molecular flexibility index (Phi) is 11.8. The van der Waals surface area contributed by atoms with Crippen molar-refractivity contribution >= 4 is 51.1 Å². The van der Waals surface area contributed by atoms with Crippen LogP contribution in [0, 0.1) is 5.82 Å². The molecule has 1 amide bonds. The van der Waals surface area contributed by atoms with Gasteiger partial charge in [-0.05, 0) is 91.0 Å². The summed E-state index contributed by atoms with van der Waals surface area (Å²) in [6, 6.07) is 17.6. The topological polar surface area (TPSA) is 164 Å². The van der Waals surface area contributed by atoms with Gasteiger partial charge in [0.05, 0.1) is 27.1 Å². The molecule has 11 nitrogen and oxygen atoms in total. The van der Waals surface area contributed by atoms with Gasteiger partial charge in [0.2, 0.25) is 17.1 Å². The maximum atomic E-state index is 15.0. The summed E-state index contributed by atoms with van der Waals surface area (Å²) in [5, 5.41) is 42.3. The van der Waals surface area contributed by atoms with Crippen LogP contribution in [0.2, 0.25) is 0 Å². The van der Waals surface area contributed by atoms with Gasteiger partial charge in [0.1, 0.15) is 17.7 Å². The number of benzene rings is 2.